The first-order valence-corrected chi connectivity index (χ1v) is 6.12. The summed E-state index contributed by atoms with van der Waals surface area (Å²) in [5.74, 6) is 1.06. The molecule has 1 rings (SSSR count). The first-order valence-electron chi connectivity index (χ1n) is 6.12. The van der Waals surface area contributed by atoms with E-state index < -0.39 is 0 Å². The van der Waals surface area contributed by atoms with E-state index in [2.05, 4.69) is 37.2 Å². The second-order valence-corrected chi connectivity index (χ2v) is 4.34. The highest BCUT2D eigenvalue weighted by atomic mass is 16.3. The third-order valence-corrected chi connectivity index (χ3v) is 3.06. The fourth-order valence-corrected chi connectivity index (χ4v) is 2.09. The van der Waals surface area contributed by atoms with Crippen LogP contribution in [-0.4, -0.2) is 25.0 Å². The monoisotopic (exact) mass is 224 g/mol. The second kappa shape index (κ2) is 6.71. The molecule has 16 heavy (non-hydrogen) atoms. The first-order chi connectivity index (χ1) is 7.71. The maximum Gasteiger partial charge on any atom is 0.118 e. The minimum absolute atomic E-state index is 0.651. The Morgan fingerprint density at radius 1 is 1.38 bits per heavy atom. The summed E-state index contributed by atoms with van der Waals surface area (Å²) < 4.78 is 5.55. The normalized spacial score (nSPS) is 11.6. The van der Waals surface area contributed by atoms with Crippen LogP contribution < -0.4 is 5.32 Å². The predicted octanol–water partition coefficient (Wildman–Crippen LogP) is 2.62. The van der Waals surface area contributed by atoms with Gasteiger partial charge in [-0.3, -0.25) is 4.90 Å². The molecule has 0 aromatic carbocycles. The van der Waals surface area contributed by atoms with E-state index in [0.29, 0.717) is 6.04 Å². The van der Waals surface area contributed by atoms with Crippen LogP contribution in [0, 0.1) is 0 Å². The van der Waals surface area contributed by atoms with Crippen LogP contribution in [-0.2, 0) is 13.1 Å². The van der Waals surface area contributed by atoms with Crippen molar-refractivity contribution >= 4 is 0 Å². The Morgan fingerprint density at radius 2 is 2.06 bits per heavy atom. The van der Waals surface area contributed by atoms with E-state index in [-0.39, 0.29) is 0 Å². The van der Waals surface area contributed by atoms with E-state index in [1.807, 2.05) is 13.3 Å². The first kappa shape index (κ1) is 13.3. The van der Waals surface area contributed by atoms with Gasteiger partial charge < -0.3 is 9.73 Å². The van der Waals surface area contributed by atoms with Gasteiger partial charge in [-0.2, -0.15) is 0 Å². The maximum absolute atomic E-state index is 5.55. The fraction of sp³-hybridized carbons (Fsp3) is 0.692. The van der Waals surface area contributed by atoms with Gasteiger partial charge in [-0.05, 0) is 33.0 Å². The molecule has 0 amide bonds. The number of nitrogens with zero attached hydrogens (tertiary/aromatic N) is 1. The lowest BCUT2D eigenvalue weighted by Crippen LogP contribution is -2.29. The Kier molecular flexibility index (Phi) is 5.56. The van der Waals surface area contributed by atoms with Crippen LogP contribution in [0.3, 0.4) is 0 Å². The van der Waals surface area contributed by atoms with E-state index in [0.717, 1.165) is 18.8 Å². The van der Waals surface area contributed by atoms with Crippen LogP contribution in [0.15, 0.2) is 16.7 Å². The molecule has 3 nitrogen and oxygen atoms in total. The molecule has 0 radical (unpaired) electrons. The molecular formula is C13H24N2O. The molecule has 0 aliphatic rings. The maximum atomic E-state index is 5.55. The zero-order valence-electron chi connectivity index (χ0n) is 10.9. The van der Waals surface area contributed by atoms with Crippen molar-refractivity contribution in [1.29, 1.82) is 0 Å². The van der Waals surface area contributed by atoms with Crippen LogP contribution in [0.25, 0.3) is 0 Å². The summed E-state index contributed by atoms with van der Waals surface area (Å²) in [5, 5.41) is 3.12. The number of hydrogen-bond donors (Lipinski definition) is 1. The van der Waals surface area contributed by atoms with Crippen molar-refractivity contribution in [2.75, 3.05) is 14.1 Å². The Labute approximate surface area is 98.8 Å². The number of hydrogen-bond acceptors (Lipinski definition) is 3. The third-order valence-electron chi connectivity index (χ3n) is 3.06. The van der Waals surface area contributed by atoms with Crippen LogP contribution in [0.1, 0.15) is 38.0 Å². The Bertz CT molecular complexity index is 292. The van der Waals surface area contributed by atoms with E-state index in [1.54, 1.807) is 0 Å². The summed E-state index contributed by atoms with van der Waals surface area (Å²) in [6.07, 6.45) is 4.22. The van der Waals surface area contributed by atoms with Gasteiger partial charge in [0.1, 0.15) is 5.76 Å². The summed E-state index contributed by atoms with van der Waals surface area (Å²) in [7, 11) is 4.11. The average Bonchev–Trinajstić information content (AvgIpc) is 2.68. The van der Waals surface area contributed by atoms with Crippen molar-refractivity contribution in [2.45, 2.75) is 45.8 Å². The molecule has 0 spiro atoms. The van der Waals surface area contributed by atoms with Gasteiger partial charge in [0.15, 0.2) is 0 Å². The Morgan fingerprint density at radius 3 is 2.62 bits per heavy atom. The van der Waals surface area contributed by atoms with Gasteiger partial charge >= 0.3 is 0 Å². The molecule has 92 valence electrons. The van der Waals surface area contributed by atoms with Crippen molar-refractivity contribution in [3.8, 4) is 0 Å². The lowest BCUT2D eigenvalue weighted by Gasteiger charge is -2.24. The minimum Gasteiger partial charge on any atom is -0.468 e. The quantitative estimate of drug-likeness (QED) is 0.771. The molecule has 1 N–H and O–H groups in total. The van der Waals surface area contributed by atoms with E-state index in [1.165, 1.54) is 18.4 Å². The van der Waals surface area contributed by atoms with Crippen molar-refractivity contribution in [3.05, 3.63) is 23.7 Å². The third kappa shape index (κ3) is 3.65. The van der Waals surface area contributed by atoms with Crippen LogP contribution in [0.5, 0.6) is 0 Å². The molecule has 3 heteroatoms. The van der Waals surface area contributed by atoms with Crippen molar-refractivity contribution < 1.29 is 4.42 Å². The average molecular weight is 224 g/mol. The van der Waals surface area contributed by atoms with Gasteiger partial charge in [-0.1, -0.05) is 13.8 Å². The van der Waals surface area contributed by atoms with Gasteiger partial charge in [0, 0.05) is 18.2 Å². The lowest BCUT2D eigenvalue weighted by atomic mass is 10.1. The van der Waals surface area contributed by atoms with Crippen molar-refractivity contribution in [3.63, 3.8) is 0 Å². The molecule has 1 aromatic rings. The summed E-state index contributed by atoms with van der Waals surface area (Å²) in [4.78, 5) is 2.36. The fourth-order valence-electron chi connectivity index (χ4n) is 2.09. The van der Waals surface area contributed by atoms with Gasteiger partial charge in [-0.25, -0.2) is 0 Å². The van der Waals surface area contributed by atoms with Crippen LogP contribution in [0.4, 0.5) is 0 Å². The largest absolute Gasteiger partial charge is 0.468 e. The van der Waals surface area contributed by atoms with Gasteiger partial charge in [-0.15, -0.1) is 0 Å². The van der Waals surface area contributed by atoms with Gasteiger partial charge in [0.05, 0.1) is 12.8 Å². The standard InChI is InChI=1S/C13H24N2O/c1-5-12(6-2)15(4)9-13-7-11(8-14-3)10-16-13/h7,10,12,14H,5-6,8-9H2,1-4H3. The number of nitrogens with one attached hydrogen (secondary N) is 1. The zero-order valence-corrected chi connectivity index (χ0v) is 10.9. The van der Waals surface area contributed by atoms with Crippen LogP contribution >= 0.6 is 0 Å². The van der Waals surface area contributed by atoms with Crippen molar-refractivity contribution in [1.82, 2.24) is 10.2 Å². The van der Waals surface area contributed by atoms with Crippen molar-refractivity contribution in [2.24, 2.45) is 0 Å². The molecule has 1 heterocycles. The highest BCUT2D eigenvalue weighted by Gasteiger charge is 2.12. The molecule has 0 aliphatic carbocycles. The zero-order chi connectivity index (χ0) is 12.0. The Balaban J connectivity index is 2.51. The highest BCUT2D eigenvalue weighted by Crippen LogP contribution is 2.14. The van der Waals surface area contributed by atoms with Crippen LogP contribution in [0.2, 0.25) is 0 Å². The molecule has 1 aromatic heterocycles. The molecular weight excluding hydrogens is 200 g/mol. The molecule has 0 fully saturated rings. The molecule has 0 saturated heterocycles. The molecule has 0 saturated carbocycles. The molecule has 0 atom stereocenters. The number of furan rings is 1. The van der Waals surface area contributed by atoms with E-state index in [4.69, 9.17) is 4.42 Å². The summed E-state index contributed by atoms with van der Waals surface area (Å²) in [5.41, 5.74) is 1.22. The highest BCUT2D eigenvalue weighted by molar-refractivity contribution is 5.12. The van der Waals surface area contributed by atoms with E-state index >= 15 is 0 Å². The summed E-state index contributed by atoms with van der Waals surface area (Å²) in [6, 6.07) is 2.79. The van der Waals surface area contributed by atoms with E-state index in [9.17, 15) is 0 Å². The molecule has 0 unspecified atom stereocenters. The molecule has 0 aliphatic heterocycles. The van der Waals surface area contributed by atoms with Gasteiger partial charge in [0.2, 0.25) is 0 Å². The summed E-state index contributed by atoms with van der Waals surface area (Å²) >= 11 is 0. The second-order valence-electron chi connectivity index (χ2n) is 4.34. The predicted molar refractivity (Wildman–Crippen MR) is 67.3 cm³/mol. The number of rotatable bonds is 7. The van der Waals surface area contributed by atoms with Gasteiger partial charge in [0.25, 0.3) is 0 Å². The lowest BCUT2D eigenvalue weighted by molar-refractivity contribution is 0.206. The smallest absolute Gasteiger partial charge is 0.118 e. The minimum atomic E-state index is 0.651. The molecule has 0 bridgehead atoms. The topological polar surface area (TPSA) is 28.4 Å². The summed E-state index contributed by atoms with van der Waals surface area (Å²) in [6.45, 7) is 6.24. The Hall–Kier alpha value is -0.800. The SMILES string of the molecule is CCC(CC)N(C)Cc1cc(CNC)co1.